The molecule has 1 saturated carbocycles. The number of benzene rings is 1. The molecule has 1 aromatic rings. The van der Waals surface area contributed by atoms with E-state index in [0.717, 1.165) is 31.1 Å². The van der Waals surface area contributed by atoms with Gasteiger partial charge in [0.25, 0.3) is 0 Å². The zero-order valence-electron chi connectivity index (χ0n) is 9.53. The Balaban J connectivity index is 2.07. The molecular formula is C13H17NO2. The van der Waals surface area contributed by atoms with Gasteiger partial charge in [0.05, 0.1) is 13.7 Å². The summed E-state index contributed by atoms with van der Waals surface area (Å²) in [5.41, 5.74) is 7.38. The maximum atomic E-state index is 5.79. The summed E-state index contributed by atoms with van der Waals surface area (Å²) in [6, 6.07) is 6.16. The van der Waals surface area contributed by atoms with Crippen molar-refractivity contribution in [3.63, 3.8) is 0 Å². The van der Waals surface area contributed by atoms with Crippen LogP contribution in [0.3, 0.4) is 0 Å². The molecule has 1 aromatic carbocycles. The van der Waals surface area contributed by atoms with E-state index in [9.17, 15) is 0 Å². The molecule has 1 fully saturated rings. The zero-order valence-corrected chi connectivity index (χ0v) is 9.53. The Morgan fingerprint density at radius 2 is 2.44 bits per heavy atom. The van der Waals surface area contributed by atoms with Crippen LogP contribution < -0.4 is 15.2 Å². The number of para-hydroxylation sites is 1. The average molecular weight is 219 g/mol. The van der Waals surface area contributed by atoms with Crippen LogP contribution >= 0.6 is 0 Å². The molecule has 2 N–H and O–H groups in total. The molecule has 16 heavy (non-hydrogen) atoms. The minimum Gasteiger partial charge on any atom is -0.493 e. The number of hydrogen-bond acceptors (Lipinski definition) is 3. The Bertz CT molecular complexity index is 418. The number of fused-ring (bicyclic) bond motifs is 2. The van der Waals surface area contributed by atoms with Crippen molar-refractivity contribution in [2.45, 2.75) is 18.3 Å². The fourth-order valence-electron chi connectivity index (χ4n) is 3.01. The molecule has 86 valence electrons. The van der Waals surface area contributed by atoms with Gasteiger partial charge in [0.15, 0.2) is 11.5 Å². The highest BCUT2D eigenvalue weighted by Gasteiger charge is 2.56. The van der Waals surface area contributed by atoms with E-state index < -0.39 is 0 Å². The van der Waals surface area contributed by atoms with E-state index in [1.807, 2.05) is 12.1 Å². The van der Waals surface area contributed by atoms with Gasteiger partial charge in [-0.25, -0.2) is 0 Å². The van der Waals surface area contributed by atoms with E-state index in [1.165, 1.54) is 12.0 Å². The summed E-state index contributed by atoms with van der Waals surface area (Å²) in [7, 11) is 1.69. The van der Waals surface area contributed by atoms with Crippen LogP contribution in [0.2, 0.25) is 0 Å². The van der Waals surface area contributed by atoms with Crippen LogP contribution in [-0.2, 0) is 5.41 Å². The summed E-state index contributed by atoms with van der Waals surface area (Å²) in [6.45, 7) is 1.56. The number of methoxy groups -OCH3 is 1. The topological polar surface area (TPSA) is 44.5 Å². The normalized spacial score (nSPS) is 30.8. The maximum Gasteiger partial charge on any atom is 0.164 e. The molecule has 1 spiro atoms. The van der Waals surface area contributed by atoms with Crippen LogP contribution in [-0.4, -0.2) is 20.3 Å². The summed E-state index contributed by atoms with van der Waals surface area (Å²) in [5.74, 6) is 2.41. The lowest BCUT2D eigenvalue weighted by Crippen LogP contribution is -2.24. The van der Waals surface area contributed by atoms with Gasteiger partial charge in [-0.2, -0.15) is 0 Å². The van der Waals surface area contributed by atoms with Gasteiger partial charge >= 0.3 is 0 Å². The molecule has 2 atom stereocenters. The van der Waals surface area contributed by atoms with E-state index in [1.54, 1.807) is 7.11 Å². The minimum atomic E-state index is 0.289. The Morgan fingerprint density at radius 1 is 1.56 bits per heavy atom. The van der Waals surface area contributed by atoms with Crippen LogP contribution in [0.25, 0.3) is 0 Å². The van der Waals surface area contributed by atoms with Gasteiger partial charge < -0.3 is 15.2 Å². The van der Waals surface area contributed by atoms with Crippen molar-refractivity contribution in [3.05, 3.63) is 23.8 Å². The second-order valence-corrected chi connectivity index (χ2v) is 4.73. The van der Waals surface area contributed by atoms with Gasteiger partial charge in [0.2, 0.25) is 0 Å². The molecule has 1 aliphatic carbocycles. The van der Waals surface area contributed by atoms with Crippen molar-refractivity contribution in [1.82, 2.24) is 0 Å². The van der Waals surface area contributed by atoms with E-state index >= 15 is 0 Å². The first kappa shape index (κ1) is 9.97. The standard InChI is InChI=1S/C13H17NO2/c1-15-11-4-2-3-10-12(11)16-6-5-13(10)7-9(13)8-14/h2-4,9H,5-8,14H2,1H3. The van der Waals surface area contributed by atoms with E-state index in [-0.39, 0.29) is 5.41 Å². The molecule has 2 unspecified atom stereocenters. The molecule has 3 rings (SSSR count). The molecule has 3 heteroatoms. The summed E-state index contributed by atoms with van der Waals surface area (Å²) >= 11 is 0. The monoisotopic (exact) mass is 219 g/mol. The molecule has 0 saturated heterocycles. The second kappa shape index (κ2) is 3.39. The maximum absolute atomic E-state index is 5.79. The molecule has 3 nitrogen and oxygen atoms in total. The summed E-state index contributed by atoms with van der Waals surface area (Å²) in [5, 5.41) is 0. The van der Waals surface area contributed by atoms with Gasteiger partial charge in [-0.3, -0.25) is 0 Å². The summed E-state index contributed by atoms with van der Waals surface area (Å²) < 4.78 is 11.1. The third-order valence-electron chi connectivity index (χ3n) is 4.05. The van der Waals surface area contributed by atoms with Crippen molar-refractivity contribution < 1.29 is 9.47 Å². The quantitative estimate of drug-likeness (QED) is 0.823. The van der Waals surface area contributed by atoms with Crippen LogP contribution in [0.1, 0.15) is 18.4 Å². The minimum absolute atomic E-state index is 0.289. The highest BCUT2D eigenvalue weighted by atomic mass is 16.5. The molecule has 0 aromatic heterocycles. The van der Waals surface area contributed by atoms with Gasteiger partial charge in [-0.1, -0.05) is 12.1 Å². The van der Waals surface area contributed by atoms with Crippen LogP contribution in [0.15, 0.2) is 18.2 Å². The third kappa shape index (κ3) is 1.18. The number of rotatable bonds is 2. The predicted molar refractivity (Wildman–Crippen MR) is 61.9 cm³/mol. The first-order valence-electron chi connectivity index (χ1n) is 5.82. The van der Waals surface area contributed by atoms with Crippen molar-refractivity contribution in [1.29, 1.82) is 0 Å². The molecule has 0 bridgehead atoms. The SMILES string of the molecule is COc1cccc2c1OCCC21CC1CN. The lowest BCUT2D eigenvalue weighted by molar-refractivity contribution is 0.240. The number of ether oxygens (including phenoxy) is 2. The zero-order chi connectivity index (χ0) is 11.2. The molecular weight excluding hydrogens is 202 g/mol. The van der Waals surface area contributed by atoms with Crippen molar-refractivity contribution in [3.8, 4) is 11.5 Å². The predicted octanol–water partition coefficient (Wildman–Crippen LogP) is 1.69. The molecule has 2 aliphatic rings. The smallest absolute Gasteiger partial charge is 0.164 e. The van der Waals surface area contributed by atoms with Gasteiger partial charge in [0.1, 0.15) is 0 Å². The van der Waals surface area contributed by atoms with Crippen molar-refractivity contribution >= 4 is 0 Å². The Morgan fingerprint density at radius 3 is 3.12 bits per heavy atom. The summed E-state index contributed by atoms with van der Waals surface area (Å²) in [6.07, 6.45) is 2.29. The number of nitrogens with two attached hydrogens (primary N) is 1. The van der Waals surface area contributed by atoms with Crippen molar-refractivity contribution in [2.24, 2.45) is 11.7 Å². The fourth-order valence-corrected chi connectivity index (χ4v) is 3.01. The second-order valence-electron chi connectivity index (χ2n) is 4.73. The first-order valence-corrected chi connectivity index (χ1v) is 5.82. The van der Waals surface area contributed by atoms with E-state index in [4.69, 9.17) is 15.2 Å². The first-order chi connectivity index (χ1) is 7.81. The highest BCUT2D eigenvalue weighted by Crippen LogP contribution is 2.61. The number of hydrogen-bond donors (Lipinski definition) is 1. The van der Waals surface area contributed by atoms with Gasteiger partial charge in [-0.05, 0) is 31.4 Å². The largest absolute Gasteiger partial charge is 0.493 e. The van der Waals surface area contributed by atoms with Gasteiger partial charge in [-0.15, -0.1) is 0 Å². The lowest BCUT2D eigenvalue weighted by atomic mass is 9.87. The Labute approximate surface area is 95.5 Å². The molecule has 0 radical (unpaired) electrons. The van der Waals surface area contributed by atoms with Crippen LogP contribution in [0, 0.1) is 5.92 Å². The average Bonchev–Trinajstić information content (AvgIpc) is 3.03. The lowest BCUT2D eigenvalue weighted by Gasteiger charge is -2.28. The highest BCUT2D eigenvalue weighted by molar-refractivity contribution is 5.54. The van der Waals surface area contributed by atoms with Gasteiger partial charge in [0, 0.05) is 11.0 Å². The van der Waals surface area contributed by atoms with Crippen LogP contribution in [0.5, 0.6) is 11.5 Å². The Kier molecular flexibility index (Phi) is 2.11. The molecule has 0 amide bonds. The Hall–Kier alpha value is -1.22. The summed E-state index contributed by atoms with van der Waals surface area (Å²) in [4.78, 5) is 0. The van der Waals surface area contributed by atoms with E-state index in [0.29, 0.717) is 5.92 Å². The van der Waals surface area contributed by atoms with Crippen LogP contribution in [0.4, 0.5) is 0 Å². The van der Waals surface area contributed by atoms with E-state index in [2.05, 4.69) is 6.07 Å². The molecule has 1 heterocycles. The van der Waals surface area contributed by atoms with Crippen molar-refractivity contribution in [2.75, 3.05) is 20.3 Å². The third-order valence-corrected chi connectivity index (χ3v) is 4.05. The fraction of sp³-hybridized carbons (Fsp3) is 0.538. The molecule has 1 aliphatic heterocycles.